The van der Waals surface area contributed by atoms with Gasteiger partial charge < -0.3 is 40.9 Å². The van der Waals surface area contributed by atoms with E-state index in [2.05, 4.69) is 0 Å². The first kappa shape index (κ1) is 39.3. The molecule has 0 unspecified atom stereocenters. The summed E-state index contributed by atoms with van der Waals surface area (Å²) < 4.78 is 0. The van der Waals surface area contributed by atoms with Crippen LogP contribution in [0, 0.1) is 0 Å². The number of rotatable bonds is 10. The average molecular weight is 520 g/mol. The van der Waals surface area contributed by atoms with Gasteiger partial charge in [0.15, 0.2) is 11.2 Å². The van der Waals surface area contributed by atoms with Crippen LogP contribution in [-0.4, -0.2) is 163 Å². The molecule has 0 amide bonds. The van der Waals surface area contributed by atoms with Crippen molar-refractivity contribution in [2.75, 3.05) is 0 Å². The molecule has 0 aliphatic rings. The summed E-state index contributed by atoms with van der Waals surface area (Å²) in [5.41, 5.74) is -5.48. The summed E-state index contributed by atoms with van der Waals surface area (Å²) in [6.07, 6.45) is -4.58. The molecule has 0 fully saturated rings. The SMILES string of the molecule is O=C(O)CC(O)(CC(=O)O)C(=O)O.O=C(O)CC(O)(CC(=O)O)C(=O)O.[Ca].[Ca].[Fe]. The molecule has 0 aromatic rings. The van der Waals surface area contributed by atoms with Crippen LogP contribution in [0.3, 0.4) is 0 Å². The van der Waals surface area contributed by atoms with Crippen LogP contribution >= 0.6 is 0 Å². The Morgan fingerprint density at radius 3 is 0.690 bits per heavy atom. The summed E-state index contributed by atoms with van der Waals surface area (Å²) in [6, 6.07) is 0. The van der Waals surface area contributed by atoms with E-state index in [-0.39, 0.29) is 92.5 Å². The molecule has 0 heterocycles. The van der Waals surface area contributed by atoms with Crippen molar-refractivity contribution in [3.8, 4) is 0 Å². The Bertz CT molecular complexity index is 523. The number of carbonyl (C=O) groups is 6. The van der Waals surface area contributed by atoms with E-state index < -0.39 is 72.7 Å². The molecule has 0 saturated heterocycles. The number of hydrogen-bond acceptors (Lipinski definition) is 8. The molecule has 0 spiro atoms. The predicted molar refractivity (Wildman–Crippen MR) is 85.7 cm³/mol. The number of aliphatic carboxylic acids is 6. The maximum atomic E-state index is 10.3. The second-order valence-corrected chi connectivity index (χ2v) is 4.96. The number of hydrogen-bond donors (Lipinski definition) is 8. The zero-order valence-corrected chi connectivity index (χ0v) is 20.1. The topological polar surface area (TPSA) is 264 Å². The third kappa shape index (κ3) is 18.3. The standard InChI is InChI=1S/2C6H8O7.2Ca.Fe/c2*7-3(8)1-6(13,5(11)12)2-4(9)10;;;/h2*13H,1-2H2,(H,7,8)(H,9,10)(H,11,12);;;. The molecule has 0 aromatic carbocycles. The first-order chi connectivity index (χ1) is 11.6. The van der Waals surface area contributed by atoms with Crippen LogP contribution in [0.25, 0.3) is 0 Å². The van der Waals surface area contributed by atoms with Gasteiger partial charge in [-0.3, -0.25) is 19.2 Å². The fraction of sp³-hybridized carbons (Fsp3) is 0.500. The van der Waals surface area contributed by atoms with Gasteiger partial charge in [0, 0.05) is 92.5 Å². The van der Waals surface area contributed by atoms with Gasteiger partial charge in [0.1, 0.15) is 0 Å². The Morgan fingerprint density at radius 2 is 0.621 bits per heavy atom. The Labute approximate surface area is 232 Å². The molecule has 29 heavy (non-hydrogen) atoms. The zero-order valence-electron chi connectivity index (χ0n) is 14.6. The molecule has 0 saturated carbocycles. The van der Waals surface area contributed by atoms with Crippen molar-refractivity contribution in [1.29, 1.82) is 0 Å². The molecule has 0 atom stereocenters. The monoisotopic (exact) mass is 520 g/mol. The van der Waals surface area contributed by atoms with Gasteiger partial charge in [-0.15, -0.1) is 0 Å². The van der Waals surface area contributed by atoms with Gasteiger partial charge in [-0.1, -0.05) is 0 Å². The van der Waals surface area contributed by atoms with E-state index in [0.29, 0.717) is 0 Å². The molecule has 0 bridgehead atoms. The minimum absolute atomic E-state index is 0. The van der Waals surface area contributed by atoms with Crippen molar-refractivity contribution >= 4 is 111 Å². The maximum absolute atomic E-state index is 10.3. The molecule has 17 heteroatoms. The fourth-order valence-electron chi connectivity index (χ4n) is 1.43. The summed E-state index contributed by atoms with van der Waals surface area (Å²) in [4.78, 5) is 61.0. The zero-order chi connectivity index (χ0) is 21.3. The molecule has 8 N–H and O–H groups in total. The van der Waals surface area contributed by atoms with Crippen LogP contribution in [0.15, 0.2) is 0 Å². The summed E-state index contributed by atoms with van der Waals surface area (Å²) in [5.74, 6) is -10.0. The van der Waals surface area contributed by atoms with Crippen LogP contribution < -0.4 is 0 Å². The van der Waals surface area contributed by atoms with Crippen LogP contribution in [0.2, 0.25) is 0 Å². The normalized spacial score (nSPS) is 9.72. The molecule has 4 radical (unpaired) electrons. The Balaban J connectivity index is -0.000000120. The Kier molecular flexibility index (Phi) is 23.6. The van der Waals surface area contributed by atoms with Gasteiger partial charge in [0.25, 0.3) is 0 Å². The van der Waals surface area contributed by atoms with Crippen molar-refractivity contribution in [1.82, 2.24) is 0 Å². The van der Waals surface area contributed by atoms with E-state index in [0.717, 1.165) is 0 Å². The molecule has 0 aliphatic carbocycles. The molecule has 0 aromatic heterocycles. The third-order valence-corrected chi connectivity index (χ3v) is 2.57. The van der Waals surface area contributed by atoms with Crippen molar-refractivity contribution in [2.45, 2.75) is 36.9 Å². The van der Waals surface area contributed by atoms with Gasteiger partial charge in [0.05, 0.1) is 25.7 Å². The minimum Gasteiger partial charge on any atom is -0.481 e. The number of aliphatic hydroxyl groups is 2. The van der Waals surface area contributed by atoms with Crippen LogP contribution in [0.4, 0.5) is 0 Å². The largest absolute Gasteiger partial charge is 0.481 e. The Hall–Kier alpha value is -0.221. The van der Waals surface area contributed by atoms with Crippen LogP contribution in [-0.2, 0) is 45.8 Å². The molecule has 14 nitrogen and oxygen atoms in total. The van der Waals surface area contributed by atoms with E-state index in [1.807, 2.05) is 0 Å². The van der Waals surface area contributed by atoms with Crippen LogP contribution in [0.5, 0.6) is 0 Å². The third-order valence-electron chi connectivity index (χ3n) is 2.57. The van der Waals surface area contributed by atoms with Crippen molar-refractivity contribution in [3.63, 3.8) is 0 Å². The van der Waals surface area contributed by atoms with Crippen LogP contribution in [0.1, 0.15) is 25.7 Å². The molecule has 0 rings (SSSR count). The smallest absolute Gasteiger partial charge is 0.336 e. The van der Waals surface area contributed by atoms with E-state index in [9.17, 15) is 28.8 Å². The van der Waals surface area contributed by atoms with Gasteiger partial charge in [-0.05, 0) is 0 Å². The average Bonchev–Trinajstić information content (AvgIpc) is 2.34. The summed E-state index contributed by atoms with van der Waals surface area (Å²) >= 11 is 0. The molecule has 160 valence electrons. The van der Waals surface area contributed by atoms with Gasteiger partial charge in [-0.2, -0.15) is 0 Å². The second kappa shape index (κ2) is 17.5. The van der Waals surface area contributed by atoms with Gasteiger partial charge >= 0.3 is 35.8 Å². The number of carboxylic acids is 6. The van der Waals surface area contributed by atoms with Crippen molar-refractivity contribution in [2.24, 2.45) is 0 Å². The first-order valence-electron chi connectivity index (χ1n) is 6.34. The minimum atomic E-state index is -2.74. The molecule has 0 aliphatic heterocycles. The van der Waals surface area contributed by atoms with E-state index in [1.165, 1.54) is 0 Å². The summed E-state index contributed by atoms with van der Waals surface area (Å²) in [5, 5.41) is 67.6. The summed E-state index contributed by atoms with van der Waals surface area (Å²) in [7, 11) is 0. The van der Waals surface area contributed by atoms with Gasteiger partial charge in [0.2, 0.25) is 0 Å². The second-order valence-electron chi connectivity index (χ2n) is 4.96. The molecular formula is C12H16Ca2FeO14. The Morgan fingerprint density at radius 1 is 0.483 bits per heavy atom. The fourth-order valence-corrected chi connectivity index (χ4v) is 1.43. The maximum Gasteiger partial charge on any atom is 0.336 e. The molecular weight excluding hydrogens is 504 g/mol. The van der Waals surface area contributed by atoms with Gasteiger partial charge in [-0.25, -0.2) is 9.59 Å². The predicted octanol–water partition coefficient (Wildman–Crippen LogP) is -3.26. The van der Waals surface area contributed by atoms with Crippen molar-refractivity contribution < 1.29 is 86.7 Å². The quantitative estimate of drug-likeness (QED) is 0.132. The first-order valence-corrected chi connectivity index (χ1v) is 6.34. The number of carboxylic acid groups (broad SMARTS) is 6. The van der Waals surface area contributed by atoms with E-state index >= 15 is 0 Å². The van der Waals surface area contributed by atoms with Crippen molar-refractivity contribution in [3.05, 3.63) is 0 Å². The van der Waals surface area contributed by atoms with E-state index in [1.54, 1.807) is 0 Å². The summed E-state index contributed by atoms with van der Waals surface area (Å²) in [6.45, 7) is 0. The van der Waals surface area contributed by atoms with E-state index in [4.69, 9.17) is 40.9 Å².